The van der Waals surface area contributed by atoms with Gasteiger partial charge in [0.25, 0.3) is 0 Å². The fourth-order valence-corrected chi connectivity index (χ4v) is 10.5. The average molecular weight is 1180 g/mol. The van der Waals surface area contributed by atoms with Gasteiger partial charge in [0.15, 0.2) is 0 Å². The minimum absolute atomic E-state index is 0. The number of aromatic nitrogens is 2. The first-order valence-electron chi connectivity index (χ1n) is 28.0. The number of para-hydroxylation sites is 3. The van der Waals surface area contributed by atoms with Crippen LogP contribution in [0.25, 0.3) is 61.0 Å². The quantitative estimate of drug-likeness (QED) is 0.142. The third-order valence-corrected chi connectivity index (χ3v) is 14.4. The smallest absolute Gasteiger partial charge is 0.135 e. The van der Waals surface area contributed by atoms with E-state index in [1.54, 1.807) is 10.8 Å². The Balaban J connectivity index is 0.00000720. The minimum Gasteiger partial charge on any atom is -0.509 e. The molecule has 10 aromatic rings. The molecule has 8 aromatic carbocycles. The van der Waals surface area contributed by atoms with Crippen LogP contribution in [-0.2, 0) is 42.7 Å². The summed E-state index contributed by atoms with van der Waals surface area (Å²) in [6.45, 7) is 29.0. The van der Waals surface area contributed by atoms with Crippen molar-refractivity contribution in [1.29, 1.82) is 0 Å². The Labute approximate surface area is 471 Å². The first-order chi connectivity index (χ1) is 37.4. The summed E-state index contributed by atoms with van der Waals surface area (Å²) in [6, 6.07) is 59.7. The summed E-state index contributed by atoms with van der Waals surface area (Å²) in [5.41, 5.74) is 15.1. The van der Waals surface area contributed by atoms with E-state index in [0.29, 0.717) is 39.1 Å². The van der Waals surface area contributed by atoms with Crippen LogP contribution in [0.4, 0.5) is 22.7 Å². The van der Waals surface area contributed by atoms with Crippen molar-refractivity contribution in [2.45, 2.75) is 105 Å². The van der Waals surface area contributed by atoms with E-state index in [1.165, 1.54) is 16.7 Å². The summed E-state index contributed by atoms with van der Waals surface area (Å²) in [5.74, 6) is 1.35. The average Bonchev–Trinajstić information content (AvgIpc) is 3.97. The van der Waals surface area contributed by atoms with Crippen LogP contribution in [0.15, 0.2) is 182 Å². The summed E-state index contributed by atoms with van der Waals surface area (Å²) in [5, 5.41) is 0.996. The fraction of sp³-hybridized carbons (Fsp3) is 0.229. The Morgan fingerprint density at radius 2 is 1.09 bits per heavy atom. The molecule has 0 unspecified atom stereocenters. The number of benzene rings is 8. The molecular weight excluding hydrogens is 1110 g/mol. The molecule has 1 aliphatic rings. The number of anilines is 4. The molecule has 0 amide bonds. The molecule has 0 saturated heterocycles. The topological polar surface area (TPSA) is 33.5 Å². The predicted octanol–water partition coefficient (Wildman–Crippen LogP) is 19.2. The number of hydrogen-bond acceptors (Lipinski definition) is 4. The first kappa shape index (κ1) is 47.3. The molecule has 0 atom stereocenters. The molecule has 2 aromatic heterocycles. The molecule has 3 heterocycles. The molecule has 0 saturated carbocycles. The molecule has 6 heteroatoms. The first-order valence-corrected chi connectivity index (χ1v) is 26.0. The molecule has 0 bridgehead atoms. The van der Waals surface area contributed by atoms with Crippen molar-refractivity contribution in [3.05, 3.63) is 223 Å². The van der Waals surface area contributed by atoms with Crippen LogP contribution >= 0.6 is 0 Å². The SMILES string of the molecule is [2H]c1c([2H])c([2H])c2c(c1[2H])c1ccc(Oc3[c-]c(N4[CH-]N(c5c(-c6ccccc6)cc(C(C)(C)C)cc5-c5ccccc5)c5ccccc54)cc(-c4c(C(C)(C)C)cccc4C(C)(C)C)c3)[c-]c1n2-c1cc(C(C)(C)C)ccn1.[Pt]. The number of hydrogen-bond donors (Lipinski definition) is 0. The molecule has 0 aliphatic carbocycles. The van der Waals surface area contributed by atoms with Crippen LogP contribution in [0.5, 0.6) is 11.5 Å². The Bertz CT molecular complexity index is 3920. The van der Waals surface area contributed by atoms with E-state index < -0.39 is 0 Å². The molecule has 0 radical (unpaired) electrons. The maximum absolute atomic E-state index is 9.26. The molecular formula is C70H67N4OPt-3. The summed E-state index contributed by atoms with van der Waals surface area (Å²) in [6.07, 6.45) is 1.75. The van der Waals surface area contributed by atoms with Gasteiger partial charge in [0.05, 0.1) is 5.48 Å². The largest absolute Gasteiger partial charge is 0.509 e. The van der Waals surface area contributed by atoms with E-state index in [2.05, 4.69) is 239 Å². The van der Waals surface area contributed by atoms with E-state index in [1.807, 2.05) is 24.3 Å². The third-order valence-electron chi connectivity index (χ3n) is 14.4. The second-order valence-corrected chi connectivity index (χ2v) is 24.0. The number of nitrogens with zero attached hydrogens (tertiary/aromatic N) is 4. The van der Waals surface area contributed by atoms with E-state index in [-0.39, 0.29) is 66.9 Å². The Kier molecular flexibility index (Phi) is 12.3. The van der Waals surface area contributed by atoms with Crippen molar-refractivity contribution < 1.29 is 31.3 Å². The van der Waals surface area contributed by atoms with Gasteiger partial charge in [-0.15, -0.1) is 53.6 Å². The van der Waals surface area contributed by atoms with Gasteiger partial charge in [0.1, 0.15) is 5.82 Å². The van der Waals surface area contributed by atoms with Gasteiger partial charge in [-0.3, -0.25) is 0 Å². The molecule has 5 nitrogen and oxygen atoms in total. The number of ether oxygens (including phenoxy) is 1. The van der Waals surface area contributed by atoms with Gasteiger partial charge in [-0.25, -0.2) is 4.98 Å². The normalized spacial score (nSPS) is 13.8. The molecule has 1 aliphatic heterocycles. The molecule has 11 rings (SSSR count). The number of rotatable bonds is 8. The third kappa shape index (κ3) is 9.80. The van der Waals surface area contributed by atoms with Crippen molar-refractivity contribution in [2.24, 2.45) is 0 Å². The standard InChI is InChI=1S/C70H67N4O.Pt/c1-67(2,3)49-36-37-71-64(42-49)74-60-31-20-19-28-54(60)55-35-34-52(44-63(55)74)75-53-39-48(65-58(69(7,8)9)29-23-30-59(65)70(10,11)12)38-51(43-53)72-45-73(62-33-22-21-32-61(62)72)66-56(46-24-15-13-16-25-46)40-50(68(4,5)6)41-57(66)47-26-17-14-18-27-47;/h13-42,45H,1-12H3;/q-3;/i19D,20D,28D,31D;. The summed E-state index contributed by atoms with van der Waals surface area (Å²) >= 11 is 0. The number of fused-ring (bicyclic) bond motifs is 4. The zero-order chi connectivity index (χ0) is 56.1. The van der Waals surface area contributed by atoms with Crippen molar-refractivity contribution >= 4 is 44.6 Å². The van der Waals surface area contributed by atoms with Crippen LogP contribution in [0.3, 0.4) is 0 Å². The van der Waals surface area contributed by atoms with Gasteiger partial charge in [-0.1, -0.05) is 198 Å². The van der Waals surface area contributed by atoms with Gasteiger partial charge in [-0.2, -0.15) is 6.07 Å². The number of pyridine rings is 1. The summed E-state index contributed by atoms with van der Waals surface area (Å²) in [7, 11) is 0. The van der Waals surface area contributed by atoms with E-state index in [0.717, 1.165) is 61.7 Å². The van der Waals surface area contributed by atoms with Crippen LogP contribution < -0.4 is 14.5 Å². The van der Waals surface area contributed by atoms with Crippen molar-refractivity contribution in [2.75, 3.05) is 9.80 Å². The van der Waals surface area contributed by atoms with Crippen LogP contribution in [0.2, 0.25) is 0 Å². The zero-order valence-corrected chi connectivity index (χ0v) is 47.9. The molecule has 0 spiro atoms. The van der Waals surface area contributed by atoms with Crippen molar-refractivity contribution in [1.82, 2.24) is 9.55 Å². The van der Waals surface area contributed by atoms with Crippen molar-refractivity contribution in [3.63, 3.8) is 0 Å². The van der Waals surface area contributed by atoms with Crippen LogP contribution in [0.1, 0.15) is 111 Å². The van der Waals surface area contributed by atoms with E-state index in [4.69, 9.17) is 12.5 Å². The van der Waals surface area contributed by atoms with Crippen molar-refractivity contribution in [3.8, 4) is 50.7 Å². The predicted molar refractivity (Wildman–Crippen MR) is 315 cm³/mol. The van der Waals surface area contributed by atoms with Gasteiger partial charge < -0.3 is 19.1 Å². The molecule has 76 heavy (non-hydrogen) atoms. The van der Waals surface area contributed by atoms with E-state index >= 15 is 0 Å². The Hall–Kier alpha value is -7.20. The minimum atomic E-state index is -0.317. The molecule has 0 fully saturated rings. The van der Waals surface area contributed by atoms with Gasteiger partial charge in [-0.05, 0) is 108 Å². The Morgan fingerprint density at radius 3 is 1.68 bits per heavy atom. The molecule has 386 valence electrons. The fourth-order valence-electron chi connectivity index (χ4n) is 10.5. The second-order valence-electron chi connectivity index (χ2n) is 24.0. The monoisotopic (exact) mass is 1180 g/mol. The summed E-state index contributed by atoms with van der Waals surface area (Å²) < 4.78 is 44.8. The van der Waals surface area contributed by atoms with Gasteiger partial charge in [0, 0.05) is 72.5 Å². The van der Waals surface area contributed by atoms with E-state index in [9.17, 15) is 2.74 Å². The summed E-state index contributed by atoms with van der Waals surface area (Å²) in [4.78, 5) is 9.39. The maximum Gasteiger partial charge on any atom is 0.135 e. The molecule has 0 N–H and O–H groups in total. The Morgan fingerprint density at radius 1 is 0.513 bits per heavy atom. The second kappa shape index (κ2) is 19.7. The maximum atomic E-state index is 9.26. The van der Waals surface area contributed by atoms with Gasteiger partial charge >= 0.3 is 0 Å². The van der Waals surface area contributed by atoms with Gasteiger partial charge in [0.2, 0.25) is 0 Å². The van der Waals surface area contributed by atoms with Crippen LogP contribution in [-0.4, -0.2) is 9.55 Å². The van der Waals surface area contributed by atoms with Crippen LogP contribution in [0, 0.1) is 18.8 Å². The zero-order valence-electron chi connectivity index (χ0n) is 49.6.